The lowest BCUT2D eigenvalue weighted by molar-refractivity contribution is 0.623. The number of benzene rings is 3. The molecule has 3 nitrogen and oxygen atoms in total. The maximum Gasteiger partial charge on any atom is 0.262 e. The Bertz CT molecular complexity index is 1390. The van der Waals surface area contributed by atoms with E-state index >= 15 is 0 Å². The van der Waals surface area contributed by atoms with Gasteiger partial charge in [-0.25, -0.2) is 9.37 Å². The van der Waals surface area contributed by atoms with Gasteiger partial charge in [0.2, 0.25) is 0 Å². The minimum Gasteiger partial charge on any atom is -0.288 e. The van der Waals surface area contributed by atoms with Crippen LogP contribution >= 0.6 is 11.3 Å². The number of halogens is 1. The monoisotopic (exact) mass is 412 g/mol. The third kappa shape index (κ3) is 3.44. The van der Waals surface area contributed by atoms with Crippen molar-refractivity contribution in [3.05, 3.63) is 113 Å². The van der Waals surface area contributed by atoms with Gasteiger partial charge in [-0.05, 0) is 29.3 Å². The summed E-state index contributed by atoms with van der Waals surface area (Å²) in [4.78, 5) is 20.1. The van der Waals surface area contributed by atoms with E-state index in [1.165, 1.54) is 23.5 Å². The van der Waals surface area contributed by atoms with Crippen molar-refractivity contribution in [1.29, 1.82) is 0 Å². The maximum absolute atomic E-state index is 13.7. The quantitative estimate of drug-likeness (QED) is 0.364. The second-order valence-electron chi connectivity index (χ2n) is 7.02. The Morgan fingerprint density at radius 3 is 2.23 bits per heavy atom. The first-order valence-electron chi connectivity index (χ1n) is 9.59. The van der Waals surface area contributed by atoms with Crippen LogP contribution in [-0.4, -0.2) is 9.55 Å². The van der Waals surface area contributed by atoms with Crippen molar-refractivity contribution in [3.63, 3.8) is 0 Å². The summed E-state index contributed by atoms with van der Waals surface area (Å²) in [6, 6.07) is 27.8. The van der Waals surface area contributed by atoms with Gasteiger partial charge in [-0.15, -0.1) is 11.3 Å². The molecule has 0 N–H and O–H groups in total. The molecule has 0 amide bonds. The first-order chi connectivity index (χ1) is 14.7. The van der Waals surface area contributed by atoms with E-state index in [4.69, 9.17) is 4.98 Å². The van der Waals surface area contributed by atoms with Gasteiger partial charge in [0.25, 0.3) is 5.56 Å². The van der Waals surface area contributed by atoms with E-state index in [-0.39, 0.29) is 17.9 Å². The van der Waals surface area contributed by atoms with Crippen LogP contribution in [0.25, 0.3) is 32.0 Å². The first kappa shape index (κ1) is 18.5. The Hall–Kier alpha value is -3.57. The second-order valence-corrected chi connectivity index (χ2v) is 8.05. The lowest BCUT2D eigenvalue weighted by Crippen LogP contribution is -2.23. The number of aromatic nitrogens is 2. The number of hydrogen-bond acceptors (Lipinski definition) is 3. The van der Waals surface area contributed by atoms with E-state index in [2.05, 4.69) is 0 Å². The Balaban J connectivity index is 1.73. The molecule has 0 fully saturated rings. The molecule has 0 aliphatic carbocycles. The van der Waals surface area contributed by atoms with Crippen LogP contribution in [0.3, 0.4) is 0 Å². The molecule has 5 aromatic rings. The summed E-state index contributed by atoms with van der Waals surface area (Å²) in [6.45, 7) is 0.250. The molecule has 0 aliphatic heterocycles. The topological polar surface area (TPSA) is 34.9 Å². The zero-order valence-electron chi connectivity index (χ0n) is 16.0. The molecule has 2 aromatic heterocycles. The highest BCUT2D eigenvalue weighted by Crippen LogP contribution is 2.32. The second kappa shape index (κ2) is 7.69. The summed E-state index contributed by atoms with van der Waals surface area (Å²) in [5.74, 6) is 0.261. The normalized spacial score (nSPS) is 11.1. The van der Waals surface area contributed by atoms with E-state index < -0.39 is 0 Å². The van der Waals surface area contributed by atoms with E-state index in [1.54, 1.807) is 10.6 Å². The smallest absolute Gasteiger partial charge is 0.262 e. The average Bonchev–Trinajstić information content (AvgIpc) is 3.21. The summed E-state index contributed by atoms with van der Waals surface area (Å²) in [6.07, 6.45) is 0. The van der Waals surface area contributed by atoms with Crippen molar-refractivity contribution in [2.45, 2.75) is 6.54 Å². The van der Waals surface area contributed by atoms with Crippen LogP contribution < -0.4 is 5.56 Å². The maximum atomic E-state index is 13.7. The highest BCUT2D eigenvalue weighted by atomic mass is 32.1. The minimum atomic E-state index is -0.322. The van der Waals surface area contributed by atoms with Crippen LogP contribution in [0, 0.1) is 5.82 Å². The predicted molar refractivity (Wildman–Crippen MR) is 120 cm³/mol. The highest BCUT2D eigenvalue weighted by molar-refractivity contribution is 7.21. The predicted octanol–water partition coefficient (Wildman–Crippen LogP) is 5.98. The number of nitrogens with zero attached hydrogens (tertiary/aromatic N) is 2. The van der Waals surface area contributed by atoms with E-state index in [1.807, 2.05) is 72.8 Å². The number of thiophene rings is 1. The summed E-state index contributed by atoms with van der Waals surface area (Å²) >= 11 is 1.51. The van der Waals surface area contributed by atoms with Gasteiger partial charge in [0.15, 0.2) is 0 Å². The molecule has 5 rings (SSSR count). The molecule has 30 heavy (non-hydrogen) atoms. The number of fused-ring (bicyclic) bond motifs is 1. The van der Waals surface area contributed by atoms with Crippen LogP contribution in [-0.2, 0) is 6.54 Å². The van der Waals surface area contributed by atoms with Crippen LogP contribution in [0.4, 0.5) is 4.39 Å². The Morgan fingerprint density at radius 2 is 1.53 bits per heavy atom. The molecule has 2 heterocycles. The van der Waals surface area contributed by atoms with Gasteiger partial charge in [0.1, 0.15) is 16.5 Å². The molecule has 0 saturated heterocycles. The van der Waals surface area contributed by atoms with Gasteiger partial charge < -0.3 is 0 Å². The molecular weight excluding hydrogens is 395 g/mol. The van der Waals surface area contributed by atoms with Gasteiger partial charge in [0.05, 0.1) is 11.9 Å². The number of rotatable bonds is 4. The van der Waals surface area contributed by atoms with Gasteiger partial charge in [-0.1, -0.05) is 72.8 Å². The summed E-state index contributed by atoms with van der Waals surface area (Å²) in [5, 5.41) is 0.579. The van der Waals surface area contributed by atoms with Crippen molar-refractivity contribution in [3.8, 4) is 21.8 Å². The Morgan fingerprint density at radius 1 is 0.833 bits per heavy atom. The lowest BCUT2D eigenvalue weighted by atomic mass is 10.1. The van der Waals surface area contributed by atoms with Crippen LogP contribution in [0.2, 0.25) is 0 Å². The minimum absolute atomic E-state index is 0.124. The van der Waals surface area contributed by atoms with Gasteiger partial charge in [-0.3, -0.25) is 9.36 Å². The summed E-state index contributed by atoms with van der Waals surface area (Å²) in [7, 11) is 0. The molecule has 0 saturated carbocycles. The molecular formula is C25H17FN2OS. The van der Waals surface area contributed by atoms with Crippen LogP contribution in [0.15, 0.2) is 95.8 Å². The Kier molecular flexibility index (Phi) is 4.73. The summed E-state index contributed by atoms with van der Waals surface area (Å²) < 4.78 is 15.4. The molecule has 5 heteroatoms. The first-order valence-corrected chi connectivity index (χ1v) is 10.4. The van der Waals surface area contributed by atoms with Crippen LogP contribution in [0.1, 0.15) is 5.56 Å². The van der Waals surface area contributed by atoms with Gasteiger partial charge in [0, 0.05) is 10.4 Å². The van der Waals surface area contributed by atoms with Gasteiger partial charge in [-0.2, -0.15) is 0 Å². The lowest BCUT2D eigenvalue weighted by Gasteiger charge is -2.13. The number of hydrogen-bond donors (Lipinski definition) is 0. The van der Waals surface area contributed by atoms with Gasteiger partial charge >= 0.3 is 0 Å². The molecule has 0 bridgehead atoms. The molecule has 3 aromatic carbocycles. The van der Waals surface area contributed by atoms with Crippen molar-refractivity contribution >= 4 is 21.6 Å². The van der Waals surface area contributed by atoms with E-state index in [0.29, 0.717) is 21.6 Å². The zero-order valence-corrected chi connectivity index (χ0v) is 16.8. The van der Waals surface area contributed by atoms with Crippen molar-refractivity contribution < 1.29 is 4.39 Å². The zero-order chi connectivity index (χ0) is 20.5. The Labute approximate surface area is 176 Å². The highest BCUT2D eigenvalue weighted by Gasteiger charge is 2.16. The molecule has 0 spiro atoms. The fourth-order valence-electron chi connectivity index (χ4n) is 3.53. The fraction of sp³-hybridized carbons (Fsp3) is 0.0400. The fourth-order valence-corrected chi connectivity index (χ4v) is 4.56. The van der Waals surface area contributed by atoms with E-state index in [0.717, 1.165) is 16.0 Å². The third-order valence-corrected chi connectivity index (χ3v) is 6.05. The van der Waals surface area contributed by atoms with Crippen molar-refractivity contribution in [2.75, 3.05) is 0 Å². The molecule has 0 radical (unpaired) electrons. The largest absolute Gasteiger partial charge is 0.288 e. The standard InChI is InChI=1S/C25H17FN2OS/c26-20-13-7-8-17(14-20)16-28-23(19-11-5-2-6-12-19)27-24-21(25(28)29)15-22(30-24)18-9-3-1-4-10-18/h1-15H,16H2. The molecule has 0 atom stereocenters. The summed E-state index contributed by atoms with van der Waals surface area (Å²) in [5.41, 5.74) is 2.50. The van der Waals surface area contributed by atoms with E-state index in [9.17, 15) is 9.18 Å². The van der Waals surface area contributed by atoms with Crippen molar-refractivity contribution in [2.24, 2.45) is 0 Å². The van der Waals surface area contributed by atoms with Crippen LogP contribution in [0.5, 0.6) is 0 Å². The molecule has 0 unspecified atom stereocenters. The average molecular weight is 412 g/mol. The SMILES string of the molecule is O=c1c2cc(-c3ccccc3)sc2nc(-c2ccccc2)n1Cc1cccc(F)c1. The molecule has 146 valence electrons. The third-order valence-electron chi connectivity index (χ3n) is 4.97. The van der Waals surface area contributed by atoms with Crippen molar-refractivity contribution in [1.82, 2.24) is 9.55 Å². The molecule has 0 aliphatic rings.